The Balaban J connectivity index is 3.31. The molecule has 4 heteroatoms. The first kappa shape index (κ1) is 9.04. The number of nitrogens with zero attached hydrogens (tertiary/aromatic N) is 1. The summed E-state index contributed by atoms with van der Waals surface area (Å²) in [5.74, 6) is 0. The molecule has 0 fully saturated rings. The third-order valence-electron chi connectivity index (χ3n) is 1.51. The highest BCUT2D eigenvalue weighted by atomic mass is 79.9. The molecule has 0 unspecified atom stereocenters. The van der Waals surface area contributed by atoms with E-state index in [9.17, 15) is 0 Å². The summed E-state index contributed by atoms with van der Waals surface area (Å²) in [5, 5.41) is 17.4. The lowest BCUT2D eigenvalue weighted by Gasteiger charge is -2.04. The van der Waals surface area contributed by atoms with E-state index in [1.54, 1.807) is 12.1 Å². The summed E-state index contributed by atoms with van der Waals surface area (Å²) in [7, 11) is 0. The Morgan fingerprint density at radius 1 is 1.58 bits per heavy atom. The first-order valence-electron chi connectivity index (χ1n) is 3.28. The fraction of sp³-hybridized carbons (Fsp3) is 0.125. The smallest absolute Gasteiger partial charge is 0.0992 e. The summed E-state index contributed by atoms with van der Waals surface area (Å²) in [6, 6.07) is 5.16. The lowest BCUT2D eigenvalue weighted by Crippen LogP contribution is -1.96. The third kappa shape index (κ3) is 1.58. The Labute approximate surface area is 78.6 Å². The molecule has 0 atom stereocenters. The second-order valence-corrected chi connectivity index (χ2v) is 3.16. The zero-order valence-electron chi connectivity index (χ0n) is 6.21. The van der Waals surface area contributed by atoms with E-state index >= 15 is 0 Å². The van der Waals surface area contributed by atoms with Crippen molar-refractivity contribution in [3.8, 4) is 6.07 Å². The third-order valence-corrected chi connectivity index (χ3v) is 2.17. The number of nitriles is 1. The number of aliphatic hydroxyl groups is 1. The Morgan fingerprint density at radius 3 is 2.75 bits per heavy atom. The van der Waals surface area contributed by atoms with Crippen LogP contribution in [-0.2, 0) is 6.61 Å². The standard InChI is InChI=1S/C8H7BrN2O/c9-7-2-5(3-10)1-6(4-12)8(7)11/h1-2,12H,4,11H2. The lowest BCUT2D eigenvalue weighted by atomic mass is 10.1. The molecule has 0 radical (unpaired) electrons. The van der Waals surface area contributed by atoms with Crippen LogP contribution in [0, 0.1) is 11.3 Å². The molecule has 3 nitrogen and oxygen atoms in total. The Morgan fingerprint density at radius 2 is 2.25 bits per heavy atom. The molecule has 0 aliphatic heterocycles. The average molecular weight is 227 g/mol. The fourth-order valence-electron chi connectivity index (χ4n) is 0.870. The van der Waals surface area contributed by atoms with Crippen LogP contribution in [-0.4, -0.2) is 5.11 Å². The summed E-state index contributed by atoms with van der Waals surface area (Å²) >= 11 is 3.19. The van der Waals surface area contributed by atoms with Crippen LogP contribution in [0.5, 0.6) is 0 Å². The van der Waals surface area contributed by atoms with Crippen molar-refractivity contribution in [3.63, 3.8) is 0 Å². The van der Waals surface area contributed by atoms with Crippen LogP contribution in [0.3, 0.4) is 0 Å². The van der Waals surface area contributed by atoms with Crippen molar-refractivity contribution in [1.82, 2.24) is 0 Å². The zero-order chi connectivity index (χ0) is 9.14. The van der Waals surface area contributed by atoms with Crippen molar-refractivity contribution in [2.75, 3.05) is 5.73 Å². The van der Waals surface area contributed by atoms with Crippen molar-refractivity contribution >= 4 is 21.6 Å². The minimum absolute atomic E-state index is 0.153. The highest BCUT2D eigenvalue weighted by Crippen LogP contribution is 2.25. The van der Waals surface area contributed by atoms with Gasteiger partial charge in [0.05, 0.1) is 23.9 Å². The van der Waals surface area contributed by atoms with Crippen LogP contribution < -0.4 is 5.73 Å². The lowest BCUT2D eigenvalue weighted by molar-refractivity contribution is 0.282. The maximum absolute atomic E-state index is 8.85. The molecule has 3 N–H and O–H groups in total. The number of benzene rings is 1. The number of aliphatic hydroxyl groups excluding tert-OH is 1. The van der Waals surface area contributed by atoms with E-state index in [1.807, 2.05) is 6.07 Å². The molecule has 1 rings (SSSR count). The topological polar surface area (TPSA) is 70.0 Å². The summed E-state index contributed by atoms with van der Waals surface area (Å²) in [6.07, 6.45) is 0. The number of halogens is 1. The van der Waals surface area contributed by atoms with Crippen molar-refractivity contribution in [3.05, 3.63) is 27.7 Å². The van der Waals surface area contributed by atoms with Crippen LogP contribution in [0.2, 0.25) is 0 Å². The molecule has 1 aromatic rings. The maximum Gasteiger partial charge on any atom is 0.0992 e. The van der Waals surface area contributed by atoms with Crippen molar-refractivity contribution in [2.24, 2.45) is 0 Å². The molecular weight excluding hydrogens is 220 g/mol. The molecule has 0 saturated heterocycles. The zero-order valence-corrected chi connectivity index (χ0v) is 7.80. The van der Waals surface area contributed by atoms with Gasteiger partial charge in [-0.3, -0.25) is 0 Å². The van der Waals surface area contributed by atoms with Gasteiger partial charge in [-0.1, -0.05) is 0 Å². The maximum atomic E-state index is 8.85. The van der Waals surface area contributed by atoms with Gasteiger partial charge in [-0.15, -0.1) is 0 Å². The van der Waals surface area contributed by atoms with Gasteiger partial charge >= 0.3 is 0 Å². The Bertz CT molecular complexity index is 344. The summed E-state index contributed by atoms with van der Waals surface area (Å²) in [6.45, 7) is -0.153. The van der Waals surface area contributed by atoms with Crippen molar-refractivity contribution in [1.29, 1.82) is 5.26 Å². The van der Waals surface area contributed by atoms with Crippen LogP contribution in [0.25, 0.3) is 0 Å². The number of rotatable bonds is 1. The summed E-state index contributed by atoms with van der Waals surface area (Å²) < 4.78 is 0.644. The van der Waals surface area contributed by atoms with Gasteiger partial charge in [0.1, 0.15) is 0 Å². The van der Waals surface area contributed by atoms with E-state index in [0.29, 0.717) is 21.3 Å². The average Bonchev–Trinajstić information content (AvgIpc) is 2.09. The van der Waals surface area contributed by atoms with E-state index in [0.717, 1.165) is 0 Å². The molecule has 0 bridgehead atoms. The van der Waals surface area contributed by atoms with Gasteiger partial charge in [0.25, 0.3) is 0 Å². The van der Waals surface area contributed by atoms with Crippen molar-refractivity contribution < 1.29 is 5.11 Å². The van der Waals surface area contributed by atoms with Gasteiger partial charge in [-0.25, -0.2) is 0 Å². The Kier molecular flexibility index (Phi) is 2.69. The van der Waals surface area contributed by atoms with Crippen LogP contribution >= 0.6 is 15.9 Å². The minimum atomic E-state index is -0.153. The van der Waals surface area contributed by atoms with E-state index in [2.05, 4.69) is 15.9 Å². The second-order valence-electron chi connectivity index (χ2n) is 2.30. The number of hydrogen-bond donors (Lipinski definition) is 2. The first-order valence-corrected chi connectivity index (χ1v) is 4.07. The van der Waals surface area contributed by atoms with Gasteiger partial charge in [0.2, 0.25) is 0 Å². The predicted octanol–water partition coefficient (Wildman–Crippen LogP) is 1.40. The predicted molar refractivity (Wildman–Crippen MR) is 49.2 cm³/mol. The molecular formula is C8H7BrN2O. The Hall–Kier alpha value is -1.05. The minimum Gasteiger partial charge on any atom is -0.398 e. The number of anilines is 1. The molecule has 62 valence electrons. The van der Waals surface area contributed by atoms with E-state index in [4.69, 9.17) is 16.1 Å². The highest BCUT2D eigenvalue weighted by molar-refractivity contribution is 9.10. The van der Waals surface area contributed by atoms with Crippen LogP contribution in [0.15, 0.2) is 16.6 Å². The molecule has 0 aliphatic rings. The highest BCUT2D eigenvalue weighted by Gasteiger charge is 2.04. The second kappa shape index (κ2) is 3.57. The molecule has 0 amide bonds. The molecule has 1 aromatic carbocycles. The van der Waals surface area contributed by atoms with Crippen LogP contribution in [0.4, 0.5) is 5.69 Å². The number of nitrogens with two attached hydrogens (primary N) is 1. The fourth-order valence-corrected chi connectivity index (χ4v) is 1.37. The molecule has 0 heterocycles. The molecule has 0 aliphatic carbocycles. The first-order chi connectivity index (χ1) is 5.69. The SMILES string of the molecule is N#Cc1cc(Br)c(N)c(CO)c1. The summed E-state index contributed by atoms with van der Waals surface area (Å²) in [5.41, 5.74) is 7.14. The van der Waals surface area contributed by atoms with Gasteiger partial charge in [0, 0.05) is 10.0 Å². The molecule has 0 spiro atoms. The quantitative estimate of drug-likeness (QED) is 0.712. The van der Waals surface area contributed by atoms with Gasteiger partial charge in [-0.2, -0.15) is 5.26 Å². The van der Waals surface area contributed by atoms with Gasteiger partial charge < -0.3 is 10.8 Å². The molecule has 0 saturated carbocycles. The normalized spacial score (nSPS) is 9.42. The molecule has 0 aromatic heterocycles. The van der Waals surface area contributed by atoms with E-state index in [-0.39, 0.29) is 6.61 Å². The largest absolute Gasteiger partial charge is 0.398 e. The monoisotopic (exact) mass is 226 g/mol. The van der Waals surface area contributed by atoms with E-state index < -0.39 is 0 Å². The van der Waals surface area contributed by atoms with Crippen molar-refractivity contribution in [2.45, 2.75) is 6.61 Å². The number of hydrogen-bond acceptors (Lipinski definition) is 3. The molecule has 12 heavy (non-hydrogen) atoms. The van der Waals surface area contributed by atoms with Crippen LogP contribution in [0.1, 0.15) is 11.1 Å². The summed E-state index contributed by atoms with van der Waals surface area (Å²) in [4.78, 5) is 0. The van der Waals surface area contributed by atoms with E-state index in [1.165, 1.54) is 0 Å². The van der Waals surface area contributed by atoms with Gasteiger partial charge in [0.15, 0.2) is 0 Å². The van der Waals surface area contributed by atoms with Gasteiger partial charge in [-0.05, 0) is 28.1 Å². The number of nitrogen functional groups attached to an aromatic ring is 1.